The molecule has 7 atom stereocenters. The van der Waals surface area contributed by atoms with Gasteiger partial charge in [0.15, 0.2) is 0 Å². The van der Waals surface area contributed by atoms with Crippen molar-refractivity contribution in [2.45, 2.75) is 62.7 Å². The molecule has 3 amide bonds. The Kier molecular flexibility index (Phi) is 6.83. The highest BCUT2D eigenvalue weighted by Gasteiger charge is 2.76. The first-order valence-corrected chi connectivity index (χ1v) is 13.9. The maximum atomic E-state index is 14.0. The van der Waals surface area contributed by atoms with Gasteiger partial charge >= 0.3 is 0 Å². The molecule has 0 aromatic heterocycles. The molecule has 5 rings (SSSR count). The van der Waals surface area contributed by atoms with E-state index in [-0.39, 0.29) is 35.5 Å². The lowest BCUT2D eigenvalue weighted by atomic mass is 9.66. The molecule has 3 fully saturated rings. The van der Waals surface area contributed by atoms with Gasteiger partial charge in [-0.1, -0.05) is 49.4 Å². The van der Waals surface area contributed by atoms with Gasteiger partial charge in [-0.25, -0.2) is 0 Å². The van der Waals surface area contributed by atoms with Gasteiger partial charge in [0.1, 0.15) is 6.04 Å². The predicted octanol–water partition coefficient (Wildman–Crippen LogP) is 3.28. The Labute approximate surface area is 222 Å². The second kappa shape index (κ2) is 9.80. The first kappa shape index (κ1) is 25.8. The smallest absolute Gasteiger partial charge is 0.248 e. The van der Waals surface area contributed by atoms with Crippen molar-refractivity contribution in [1.29, 1.82) is 0 Å². The summed E-state index contributed by atoms with van der Waals surface area (Å²) < 4.78 is -0.720. The van der Waals surface area contributed by atoms with Crippen LogP contribution in [0.25, 0.3) is 0 Å². The maximum absolute atomic E-state index is 14.0. The molecule has 3 saturated heterocycles. The van der Waals surface area contributed by atoms with Gasteiger partial charge in [-0.05, 0) is 55.9 Å². The first-order chi connectivity index (χ1) is 17.7. The molecule has 3 aliphatic heterocycles. The van der Waals surface area contributed by atoms with Gasteiger partial charge in [0, 0.05) is 17.5 Å². The van der Waals surface area contributed by atoms with E-state index in [4.69, 9.17) is 0 Å². The maximum Gasteiger partial charge on any atom is 0.248 e. The molecule has 0 saturated carbocycles. The van der Waals surface area contributed by atoms with Crippen molar-refractivity contribution < 1.29 is 19.5 Å². The number of hydrogen-bond acceptors (Lipinski definition) is 5. The fourth-order valence-corrected chi connectivity index (χ4v) is 9.00. The van der Waals surface area contributed by atoms with Crippen LogP contribution in [0.3, 0.4) is 0 Å². The molecule has 0 aliphatic carbocycles. The fourth-order valence-electron chi connectivity index (χ4n) is 6.60. The molecule has 37 heavy (non-hydrogen) atoms. The van der Waals surface area contributed by atoms with Crippen LogP contribution >= 0.6 is 11.8 Å². The number of aliphatic hydroxyl groups is 1. The van der Waals surface area contributed by atoms with Gasteiger partial charge in [0.25, 0.3) is 0 Å². The molecule has 1 spiro atoms. The van der Waals surface area contributed by atoms with E-state index in [1.807, 2.05) is 62.4 Å². The summed E-state index contributed by atoms with van der Waals surface area (Å²) in [5.41, 5.74) is 3.68. The van der Waals surface area contributed by atoms with Crippen molar-refractivity contribution in [3.8, 4) is 0 Å². The number of likely N-dealkylation sites (tertiary alicyclic amines) is 1. The third kappa shape index (κ3) is 4.14. The Hall–Kier alpha value is -2.84. The summed E-state index contributed by atoms with van der Waals surface area (Å²) >= 11 is 1.64. The summed E-state index contributed by atoms with van der Waals surface area (Å²) in [6, 6.07) is 14.3. The van der Waals surface area contributed by atoms with Crippen LogP contribution in [-0.4, -0.2) is 56.4 Å². The summed E-state index contributed by atoms with van der Waals surface area (Å²) in [5.74, 6) is -1.64. The van der Waals surface area contributed by atoms with E-state index in [0.717, 1.165) is 28.8 Å². The highest BCUT2D eigenvalue weighted by atomic mass is 32.2. The highest BCUT2D eigenvalue weighted by molar-refractivity contribution is 8.02. The second-order valence-electron chi connectivity index (χ2n) is 10.8. The number of benzene rings is 2. The number of carbonyl (C=O) groups excluding carboxylic acids is 3. The number of aryl methyl sites for hydroxylation is 2. The molecular formula is C29H35N3O4S. The fraction of sp³-hybridized carbons (Fsp3) is 0.483. The van der Waals surface area contributed by atoms with E-state index in [1.165, 1.54) is 0 Å². The Morgan fingerprint density at radius 2 is 1.89 bits per heavy atom. The van der Waals surface area contributed by atoms with Crippen molar-refractivity contribution >= 4 is 35.2 Å². The van der Waals surface area contributed by atoms with Gasteiger partial charge in [-0.2, -0.15) is 0 Å². The van der Waals surface area contributed by atoms with Crippen molar-refractivity contribution in [2.75, 3.05) is 11.9 Å². The zero-order valence-electron chi connectivity index (χ0n) is 21.7. The number of hydrogen-bond donors (Lipinski definition) is 3. The number of fused-ring (bicyclic) bond motifs is 1. The van der Waals surface area contributed by atoms with Gasteiger partial charge in [-0.15, -0.1) is 11.8 Å². The van der Waals surface area contributed by atoms with E-state index in [9.17, 15) is 19.5 Å². The lowest BCUT2D eigenvalue weighted by molar-refractivity contribution is -0.141. The van der Waals surface area contributed by atoms with Crippen molar-refractivity contribution in [3.63, 3.8) is 0 Å². The molecule has 3 heterocycles. The van der Waals surface area contributed by atoms with Gasteiger partial charge in [-0.3, -0.25) is 14.4 Å². The zero-order valence-corrected chi connectivity index (χ0v) is 22.5. The molecule has 3 aliphatic rings. The number of carbonyl (C=O) groups is 3. The molecular weight excluding hydrogens is 486 g/mol. The molecule has 2 aromatic rings. The highest BCUT2D eigenvalue weighted by Crippen LogP contribution is 2.68. The molecule has 3 N–H and O–H groups in total. The minimum atomic E-state index is -0.774. The van der Waals surface area contributed by atoms with Crippen LogP contribution in [-0.2, 0) is 20.9 Å². The van der Waals surface area contributed by atoms with Gasteiger partial charge in [0.2, 0.25) is 17.7 Å². The van der Waals surface area contributed by atoms with Crippen molar-refractivity contribution in [1.82, 2.24) is 10.2 Å². The first-order valence-electron chi connectivity index (χ1n) is 13.0. The minimum absolute atomic E-state index is 0.0256. The summed E-state index contributed by atoms with van der Waals surface area (Å²) in [4.78, 5) is 43.2. The van der Waals surface area contributed by atoms with Crippen LogP contribution < -0.4 is 10.6 Å². The van der Waals surface area contributed by atoms with Gasteiger partial charge < -0.3 is 20.6 Å². The number of aliphatic hydroxyl groups excluding tert-OH is 1. The number of rotatable bonds is 7. The molecule has 2 aromatic carbocycles. The standard InChI is InChI=1S/C29H35N3O4S/c1-16-10-11-17(2)21(12-16)31-27(35)25-29-18(3)13-22(37-29)23(24(29)28(36)32(25)19(4)15-33)26(34)30-14-20-8-6-5-7-9-20/h5-12,18-19,22-25,33H,13-15H2,1-4H3,(H,30,34)(H,31,35)/t18?,19-,22+,23-,24+,25?,29?/m1/s1. The molecule has 3 unspecified atom stereocenters. The summed E-state index contributed by atoms with van der Waals surface area (Å²) in [6.45, 7) is 7.91. The van der Waals surface area contributed by atoms with Crippen LogP contribution in [0, 0.1) is 31.6 Å². The van der Waals surface area contributed by atoms with Crippen molar-refractivity contribution in [2.24, 2.45) is 17.8 Å². The monoisotopic (exact) mass is 521 g/mol. The second-order valence-corrected chi connectivity index (χ2v) is 12.4. The normalized spacial score (nSPS) is 30.8. The molecule has 8 heteroatoms. The van der Waals surface area contributed by atoms with E-state index in [2.05, 4.69) is 17.6 Å². The quantitative estimate of drug-likeness (QED) is 0.520. The van der Waals surface area contributed by atoms with Crippen LogP contribution in [0.1, 0.15) is 37.0 Å². The molecule has 7 nitrogen and oxygen atoms in total. The zero-order chi connectivity index (χ0) is 26.5. The minimum Gasteiger partial charge on any atom is -0.394 e. The summed E-state index contributed by atoms with van der Waals surface area (Å²) in [5, 5.41) is 16.2. The van der Waals surface area contributed by atoms with E-state index >= 15 is 0 Å². The van der Waals surface area contributed by atoms with E-state index < -0.39 is 28.7 Å². The van der Waals surface area contributed by atoms with Crippen LogP contribution in [0.2, 0.25) is 0 Å². The van der Waals surface area contributed by atoms with E-state index in [0.29, 0.717) is 6.54 Å². The largest absolute Gasteiger partial charge is 0.394 e. The third-order valence-corrected chi connectivity index (χ3v) is 10.5. The molecule has 196 valence electrons. The Balaban J connectivity index is 1.48. The van der Waals surface area contributed by atoms with E-state index in [1.54, 1.807) is 23.6 Å². The van der Waals surface area contributed by atoms with Crippen LogP contribution in [0.4, 0.5) is 5.69 Å². The van der Waals surface area contributed by atoms with Crippen molar-refractivity contribution in [3.05, 3.63) is 65.2 Å². The number of nitrogens with one attached hydrogen (secondary N) is 2. The molecule has 0 radical (unpaired) electrons. The Bertz CT molecular complexity index is 1220. The lowest BCUT2D eigenvalue weighted by Crippen LogP contribution is -2.56. The van der Waals surface area contributed by atoms with Crippen LogP contribution in [0.15, 0.2) is 48.5 Å². The predicted molar refractivity (Wildman–Crippen MR) is 145 cm³/mol. The Morgan fingerprint density at radius 3 is 2.59 bits per heavy atom. The average Bonchev–Trinajstić information content (AvgIpc) is 3.48. The lowest BCUT2D eigenvalue weighted by Gasteiger charge is -2.39. The van der Waals surface area contributed by atoms with Gasteiger partial charge in [0.05, 0.1) is 29.2 Å². The van der Waals surface area contributed by atoms with Crippen LogP contribution in [0.5, 0.6) is 0 Å². The Morgan fingerprint density at radius 1 is 1.16 bits per heavy atom. The SMILES string of the molecule is Cc1ccc(C)c(NC(=O)C2N([C@H](C)CO)C(=O)[C@@H]3[C@H](C(=O)NCc4ccccc4)[C@@H]4CC(C)C23S4)c1. The number of thioether (sulfide) groups is 1. The summed E-state index contributed by atoms with van der Waals surface area (Å²) in [7, 11) is 0. The summed E-state index contributed by atoms with van der Waals surface area (Å²) in [6.07, 6.45) is 0.770. The number of anilines is 1. The average molecular weight is 522 g/mol. The topological polar surface area (TPSA) is 98.7 Å². The molecule has 2 bridgehead atoms. The number of nitrogens with zero attached hydrogens (tertiary/aromatic N) is 1. The number of amides is 3. The third-order valence-electron chi connectivity index (χ3n) is 8.43.